The molecule has 0 amide bonds. The molecule has 0 spiro atoms. The largest absolute Gasteiger partial charge is 0.460 e. The van der Waals surface area contributed by atoms with Crippen molar-refractivity contribution in [1.82, 2.24) is 0 Å². The molecule has 0 fully saturated rings. The van der Waals surface area contributed by atoms with Gasteiger partial charge in [0, 0.05) is 11.1 Å². The summed E-state index contributed by atoms with van der Waals surface area (Å²) in [5.74, 6) is -0.868. The Labute approximate surface area is 133 Å². The Bertz CT molecular complexity index is 384. The van der Waals surface area contributed by atoms with Gasteiger partial charge in [0.2, 0.25) is 0 Å². The van der Waals surface area contributed by atoms with E-state index in [4.69, 9.17) is 18.3 Å². The van der Waals surface area contributed by atoms with Crippen LogP contribution in [0.3, 0.4) is 0 Å². The Balaban J connectivity index is 3.98. The molecule has 0 aliphatic rings. The molecule has 0 aromatic rings. The van der Waals surface area contributed by atoms with Crippen LogP contribution in [-0.2, 0) is 27.9 Å². The van der Waals surface area contributed by atoms with Gasteiger partial charge in [-0.2, -0.15) is 0 Å². The van der Waals surface area contributed by atoms with Crippen molar-refractivity contribution < 1.29 is 27.9 Å². The van der Waals surface area contributed by atoms with Crippen molar-refractivity contribution in [2.45, 2.75) is 33.4 Å². The highest BCUT2D eigenvalue weighted by Gasteiger charge is 2.29. The van der Waals surface area contributed by atoms with Gasteiger partial charge in [0.05, 0.1) is 13.2 Å². The van der Waals surface area contributed by atoms with Gasteiger partial charge < -0.3 is 18.3 Å². The summed E-state index contributed by atoms with van der Waals surface area (Å²) in [5.41, 5.74) is 0.706. The lowest BCUT2D eigenvalue weighted by Gasteiger charge is -2.25. The van der Waals surface area contributed by atoms with Crippen LogP contribution in [0.25, 0.3) is 0 Å². The van der Waals surface area contributed by atoms with Gasteiger partial charge in [0.15, 0.2) is 0 Å². The highest BCUT2D eigenvalue weighted by molar-refractivity contribution is 6.65. The molecule has 0 saturated carbocycles. The fourth-order valence-corrected chi connectivity index (χ4v) is 2.80. The average molecular weight is 330 g/mol. The Hall–Kier alpha value is -1.44. The second-order valence-electron chi connectivity index (χ2n) is 5.02. The fourth-order valence-electron chi connectivity index (χ4n) is 1.28. The van der Waals surface area contributed by atoms with Crippen LogP contribution in [0.5, 0.6) is 0 Å². The topological polar surface area (TPSA) is 71.1 Å². The molecule has 7 heteroatoms. The smallest absolute Gasteiger partial charge is 0.334 e. The highest BCUT2D eigenvalue weighted by Crippen LogP contribution is 2.12. The van der Waals surface area contributed by atoms with E-state index in [1.807, 2.05) is 13.5 Å². The molecule has 0 rings (SSSR count). The molecular weight excluding hydrogens is 304 g/mol. The first-order valence-electron chi connectivity index (χ1n) is 7.15. The van der Waals surface area contributed by atoms with Crippen molar-refractivity contribution in [3.8, 4) is 0 Å². The third-order valence-electron chi connectivity index (χ3n) is 2.79. The molecule has 0 heterocycles. The summed E-state index contributed by atoms with van der Waals surface area (Å²) in [6, 6.07) is 0.732. The van der Waals surface area contributed by atoms with Crippen molar-refractivity contribution in [3.05, 3.63) is 24.3 Å². The molecule has 0 bridgehead atoms. The third-order valence-corrected chi connectivity index (χ3v) is 5.70. The molecule has 0 unspecified atom stereocenters. The van der Waals surface area contributed by atoms with E-state index in [1.165, 1.54) is 0 Å². The van der Waals surface area contributed by atoms with Gasteiger partial charge in [-0.1, -0.05) is 20.1 Å². The van der Waals surface area contributed by atoms with E-state index >= 15 is 0 Å². The number of hydrogen-bond donors (Lipinski definition) is 0. The molecule has 0 N–H and O–H groups in total. The van der Waals surface area contributed by atoms with E-state index in [0.717, 1.165) is 6.04 Å². The van der Waals surface area contributed by atoms with Gasteiger partial charge in [-0.05, 0) is 26.4 Å². The fraction of sp³-hybridized carbons (Fsp3) is 0.600. The molecule has 6 nitrogen and oxygen atoms in total. The van der Waals surface area contributed by atoms with E-state index in [1.54, 1.807) is 13.8 Å². The van der Waals surface area contributed by atoms with Crippen molar-refractivity contribution >= 4 is 20.5 Å². The summed E-state index contributed by atoms with van der Waals surface area (Å²) in [4.78, 5) is 22.4. The third kappa shape index (κ3) is 8.76. The van der Waals surface area contributed by atoms with E-state index in [9.17, 15) is 9.59 Å². The second kappa shape index (κ2) is 10.3. The number of rotatable bonds is 11. The maximum Gasteiger partial charge on any atom is 0.334 e. The van der Waals surface area contributed by atoms with E-state index in [-0.39, 0.29) is 26.4 Å². The zero-order valence-corrected chi connectivity index (χ0v) is 14.9. The minimum Gasteiger partial charge on any atom is -0.460 e. The summed E-state index contributed by atoms with van der Waals surface area (Å²) in [7, 11) is -2.35. The van der Waals surface area contributed by atoms with E-state index in [2.05, 4.69) is 13.2 Å². The molecule has 0 atom stereocenters. The molecular formula is C15H26O6Si. The predicted molar refractivity (Wildman–Crippen MR) is 85.5 cm³/mol. The summed E-state index contributed by atoms with van der Waals surface area (Å²) >= 11 is 0. The molecule has 22 heavy (non-hydrogen) atoms. The normalized spacial score (nSPS) is 10.9. The number of carbonyl (C=O) groups excluding carboxylic acids is 2. The monoisotopic (exact) mass is 330 g/mol. The molecule has 0 radical (unpaired) electrons. The van der Waals surface area contributed by atoms with Crippen LogP contribution in [0.1, 0.15) is 20.8 Å². The van der Waals surface area contributed by atoms with Crippen LogP contribution in [0, 0.1) is 0 Å². The molecule has 0 aliphatic heterocycles. The van der Waals surface area contributed by atoms with Crippen LogP contribution < -0.4 is 0 Å². The molecule has 0 aliphatic carbocycles. The van der Waals surface area contributed by atoms with Gasteiger partial charge in [0.1, 0.15) is 13.2 Å². The predicted octanol–water partition coefficient (Wildman–Crippen LogP) is 2.35. The van der Waals surface area contributed by atoms with Gasteiger partial charge in [-0.15, -0.1) is 0 Å². The van der Waals surface area contributed by atoms with E-state index < -0.39 is 20.5 Å². The van der Waals surface area contributed by atoms with Gasteiger partial charge in [0.25, 0.3) is 0 Å². The summed E-state index contributed by atoms with van der Waals surface area (Å²) in [6.07, 6.45) is 0. The van der Waals surface area contributed by atoms with Crippen LogP contribution in [-0.4, -0.2) is 46.9 Å². The van der Waals surface area contributed by atoms with Crippen molar-refractivity contribution in [3.63, 3.8) is 0 Å². The van der Waals surface area contributed by atoms with Gasteiger partial charge >= 0.3 is 20.5 Å². The molecule has 126 valence electrons. The van der Waals surface area contributed by atoms with Crippen molar-refractivity contribution in [2.24, 2.45) is 0 Å². The SMILES string of the molecule is C=C(C)C(=O)OCCO[Si](C)(CC)OCCOC(=O)C(=C)C. The lowest BCUT2D eigenvalue weighted by Crippen LogP contribution is -2.40. The minimum atomic E-state index is -2.35. The first-order chi connectivity index (χ1) is 10.2. The van der Waals surface area contributed by atoms with Crippen molar-refractivity contribution in [1.29, 1.82) is 0 Å². The second-order valence-corrected chi connectivity index (χ2v) is 8.57. The first-order valence-corrected chi connectivity index (χ1v) is 9.67. The number of esters is 2. The summed E-state index contributed by atoms with van der Waals surface area (Å²) < 4.78 is 21.3. The Kier molecular flexibility index (Phi) is 9.63. The van der Waals surface area contributed by atoms with Crippen LogP contribution >= 0.6 is 0 Å². The van der Waals surface area contributed by atoms with Crippen LogP contribution in [0.15, 0.2) is 24.3 Å². The average Bonchev–Trinajstić information content (AvgIpc) is 2.47. The lowest BCUT2D eigenvalue weighted by molar-refractivity contribution is -0.140. The Morgan fingerprint density at radius 2 is 1.23 bits per heavy atom. The summed E-state index contributed by atoms with van der Waals surface area (Å²) in [5, 5.41) is 0. The number of carbonyl (C=O) groups is 2. The molecule has 0 saturated heterocycles. The highest BCUT2D eigenvalue weighted by atomic mass is 28.4. The Morgan fingerprint density at radius 3 is 1.50 bits per heavy atom. The zero-order valence-electron chi connectivity index (χ0n) is 13.9. The standard InChI is InChI=1S/C15H26O6Si/c1-7-22(6,20-10-8-18-14(16)12(2)3)21-11-9-19-15(17)13(4)5/h2,4,7-11H2,1,3,5-6H3. The van der Waals surface area contributed by atoms with E-state index in [0.29, 0.717) is 11.1 Å². The Morgan fingerprint density at radius 1 is 0.864 bits per heavy atom. The number of ether oxygens (including phenoxy) is 2. The quantitative estimate of drug-likeness (QED) is 0.251. The van der Waals surface area contributed by atoms with Crippen LogP contribution in [0.2, 0.25) is 12.6 Å². The maximum absolute atomic E-state index is 11.2. The molecule has 0 aromatic heterocycles. The lowest BCUT2D eigenvalue weighted by atomic mass is 10.4. The first kappa shape index (κ1) is 20.6. The minimum absolute atomic E-state index is 0.155. The van der Waals surface area contributed by atoms with Gasteiger partial charge in [-0.3, -0.25) is 0 Å². The molecule has 0 aromatic carbocycles. The van der Waals surface area contributed by atoms with Crippen LogP contribution in [0.4, 0.5) is 0 Å². The summed E-state index contributed by atoms with van der Waals surface area (Å²) in [6.45, 7) is 14.9. The number of hydrogen-bond acceptors (Lipinski definition) is 6. The van der Waals surface area contributed by atoms with Crippen molar-refractivity contribution in [2.75, 3.05) is 26.4 Å². The zero-order chi connectivity index (χ0) is 17.2. The van der Waals surface area contributed by atoms with Gasteiger partial charge in [-0.25, -0.2) is 9.59 Å². The maximum atomic E-state index is 11.2.